The minimum atomic E-state index is -0.209. The first-order valence-electron chi connectivity index (χ1n) is 7.45. The summed E-state index contributed by atoms with van der Waals surface area (Å²) in [6.45, 7) is 4.05. The molecule has 0 aromatic heterocycles. The van der Waals surface area contributed by atoms with Crippen LogP contribution in [0.5, 0.6) is 0 Å². The molecule has 0 spiro atoms. The van der Waals surface area contributed by atoms with E-state index in [9.17, 15) is 4.79 Å². The van der Waals surface area contributed by atoms with Crippen LogP contribution in [0.15, 0.2) is 30.3 Å². The van der Waals surface area contributed by atoms with E-state index in [0.29, 0.717) is 13.2 Å². The minimum absolute atomic E-state index is 0.0547. The Balaban J connectivity index is 1.89. The number of amides is 1. The topological polar surface area (TPSA) is 50.4 Å². The molecule has 2 rings (SSSR count). The van der Waals surface area contributed by atoms with Gasteiger partial charge in [0.05, 0.1) is 13.2 Å². The van der Waals surface area contributed by atoms with Crippen molar-refractivity contribution in [2.45, 2.75) is 38.3 Å². The monoisotopic (exact) mass is 276 g/mol. The number of hydrogen-bond donors (Lipinski definition) is 2. The molecule has 20 heavy (non-hydrogen) atoms. The fraction of sp³-hybridized carbons (Fsp3) is 0.562. The van der Waals surface area contributed by atoms with Gasteiger partial charge in [0, 0.05) is 12.6 Å². The van der Waals surface area contributed by atoms with Crippen LogP contribution in [-0.4, -0.2) is 37.7 Å². The average molecular weight is 276 g/mol. The lowest BCUT2D eigenvalue weighted by molar-refractivity contribution is -0.126. The molecule has 2 atom stereocenters. The van der Waals surface area contributed by atoms with Crippen LogP contribution in [0.3, 0.4) is 0 Å². The van der Waals surface area contributed by atoms with Gasteiger partial charge < -0.3 is 15.4 Å². The van der Waals surface area contributed by atoms with Crippen LogP contribution in [-0.2, 0) is 16.0 Å². The highest BCUT2D eigenvalue weighted by Crippen LogP contribution is 2.08. The summed E-state index contributed by atoms with van der Waals surface area (Å²) in [6, 6.07) is 10.3. The molecule has 4 nitrogen and oxygen atoms in total. The highest BCUT2D eigenvalue weighted by Gasteiger charge is 2.23. The van der Waals surface area contributed by atoms with Gasteiger partial charge in [0.15, 0.2) is 0 Å². The normalized spacial score (nSPS) is 20.4. The summed E-state index contributed by atoms with van der Waals surface area (Å²) >= 11 is 0. The summed E-state index contributed by atoms with van der Waals surface area (Å²) in [7, 11) is 0. The summed E-state index contributed by atoms with van der Waals surface area (Å²) in [5.41, 5.74) is 1.26. The Bertz CT molecular complexity index is 402. The van der Waals surface area contributed by atoms with Crippen LogP contribution in [0.25, 0.3) is 0 Å². The van der Waals surface area contributed by atoms with E-state index in [0.717, 1.165) is 25.8 Å². The number of ether oxygens (including phenoxy) is 1. The SMILES string of the molecule is CCCC(Cc1ccccc1)NC(=O)C1COCCN1. The van der Waals surface area contributed by atoms with Gasteiger partial charge in [-0.2, -0.15) is 0 Å². The third-order valence-corrected chi connectivity index (χ3v) is 3.55. The third-order valence-electron chi connectivity index (χ3n) is 3.55. The molecule has 0 bridgehead atoms. The van der Waals surface area contributed by atoms with Crippen molar-refractivity contribution in [3.05, 3.63) is 35.9 Å². The molecule has 1 aromatic rings. The first-order valence-corrected chi connectivity index (χ1v) is 7.45. The average Bonchev–Trinajstić information content (AvgIpc) is 2.49. The first kappa shape index (κ1) is 15.0. The van der Waals surface area contributed by atoms with Gasteiger partial charge in [0.25, 0.3) is 0 Å². The van der Waals surface area contributed by atoms with E-state index < -0.39 is 0 Å². The van der Waals surface area contributed by atoms with Gasteiger partial charge >= 0.3 is 0 Å². The lowest BCUT2D eigenvalue weighted by atomic mass is 10.0. The van der Waals surface area contributed by atoms with Crippen LogP contribution in [0.4, 0.5) is 0 Å². The summed E-state index contributed by atoms with van der Waals surface area (Å²) in [6.07, 6.45) is 2.94. The van der Waals surface area contributed by atoms with Crippen molar-refractivity contribution >= 4 is 5.91 Å². The molecular weight excluding hydrogens is 252 g/mol. The Hall–Kier alpha value is -1.39. The zero-order chi connectivity index (χ0) is 14.2. The standard InChI is InChI=1S/C16H24N2O2/c1-2-6-14(11-13-7-4-3-5-8-13)18-16(19)15-12-20-10-9-17-15/h3-5,7-8,14-15,17H,2,6,9-12H2,1H3,(H,18,19). The molecule has 1 aliphatic heterocycles. The van der Waals surface area contributed by atoms with Crippen molar-refractivity contribution in [3.63, 3.8) is 0 Å². The van der Waals surface area contributed by atoms with E-state index in [-0.39, 0.29) is 18.0 Å². The van der Waals surface area contributed by atoms with Crippen LogP contribution in [0.1, 0.15) is 25.3 Å². The van der Waals surface area contributed by atoms with Crippen molar-refractivity contribution in [1.82, 2.24) is 10.6 Å². The van der Waals surface area contributed by atoms with Gasteiger partial charge in [-0.1, -0.05) is 43.7 Å². The zero-order valence-electron chi connectivity index (χ0n) is 12.1. The van der Waals surface area contributed by atoms with E-state index in [1.54, 1.807) is 0 Å². The molecule has 1 aliphatic rings. The molecule has 2 N–H and O–H groups in total. The number of hydrogen-bond acceptors (Lipinski definition) is 3. The molecule has 4 heteroatoms. The maximum Gasteiger partial charge on any atom is 0.239 e. The maximum atomic E-state index is 12.2. The van der Waals surface area contributed by atoms with Crippen molar-refractivity contribution in [1.29, 1.82) is 0 Å². The summed E-state index contributed by atoms with van der Waals surface area (Å²) in [5, 5.41) is 6.35. The molecule has 0 saturated carbocycles. The van der Waals surface area contributed by atoms with E-state index in [1.165, 1.54) is 5.56 Å². The van der Waals surface area contributed by atoms with Crippen molar-refractivity contribution < 1.29 is 9.53 Å². The second-order valence-electron chi connectivity index (χ2n) is 5.27. The van der Waals surface area contributed by atoms with Gasteiger partial charge in [-0.3, -0.25) is 4.79 Å². The molecule has 1 fully saturated rings. The smallest absolute Gasteiger partial charge is 0.239 e. The Labute approximate surface area is 120 Å². The van der Waals surface area contributed by atoms with E-state index >= 15 is 0 Å². The van der Waals surface area contributed by atoms with Crippen LogP contribution in [0, 0.1) is 0 Å². The number of benzene rings is 1. The van der Waals surface area contributed by atoms with Gasteiger partial charge in [-0.15, -0.1) is 0 Å². The molecule has 110 valence electrons. The first-order chi connectivity index (χ1) is 9.79. The van der Waals surface area contributed by atoms with Crippen molar-refractivity contribution in [2.75, 3.05) is 19.8 Å². The Morgan fingerprint density at radius 2 is 2.25 bits per heavy atom. The van der Waals surface area contributed by atoms with Gasteiger partial charge in [-0.25, -0.2) is 0 Å². The summed E-state index contributed by atoms with van der Waals surface area (Å²) in [5.74, 6) is 0.0547. The van der Waals surface area contributed by atoms with Gasteiger partial charge in [0.1, 0.15) is 6.04 Å². The molecule has 1 saturated heterocycles. The largest absolute Gasteiger partial charge is 0.378 e. The molecule has 1 heterocycles. The van der Waals surface area contributed by atoms with Crippen molar-refractivity contribution in [3.8, 4) is 0 Å². The second kappa shape index (κ2) is 8.02. The molecule has 1 amide bonds. The van der Waals surface area contributed by atoms with E-state index in [1.807, 2.05) is 18.2 Å². The van der Waals surface area contributed by atoms with Crippen LogP contribution >= 0.6 is 0 Å². The zero-order valence-corrected chi connectivity index (χ0v) is 12.1. The second-order valence-corrected chi connectivity index (χ2v) is 5.27. The Morgan fingerprint density at radius 3 is 2.90 bits per heavy atom. The lowest BCUT2D eigenvalue weighted by Crippen LogP contribution is -2.53. The van der Waals surface area contributed by atoms with Crippen molar-refractivity contribution in [2.24, 2.45) is 0 Å². The number of nitrogens with one attached hydrogen (secondary N) is 2. The summed E-state index contributed by atoms with van der Waals surface area (Å²) in [4.78, 5) is 12.2. The fourth-order valence-electron chi connectivity index (χ4n) is 2.51. The predicted octanol–water partition coefficient (Wildman–Crippen LogP) is 1.50. The Morgan fingerprint density at radius 1 is 1.45 bits per heavy atom. The fourth-order valence-corrected chi connectivity index (χ4v) is 2.51. The molecule has 2 unspecified atom stereocenters. The molecular formula is C16H24N2O2. The number of morpholine rings is 1. The van der Waals surface area contributed by atoms with Crippen LogP contribution < -0.4 is 10.6 Å². The summed E-state index contributed by atoms with van der Waals surface area (Å²) < 4.78 is 5.34. The number of carbonyl (C=O) groups is 1. The highest BCUT2D eigenvalue weighted by molar-refractivity contribution is 5.82. The number of carbonyl (C=O) groups excluding carboxylic acids is 1. The highest BCUT2D eigenvalue weighted by atomic mass is 16.5. The quantitative estimate of drug-likeness (QED) is 0.828. The maximum absolute atomic E-state index is 12.2. The third kappa shape index (κ3) is 4.62. The lowest BCUT2D eigenvalue weighted by Gasteiger charge is -2.26. The number of rotatable bonds is 6. The van der Waals surface area contributed by atoms with Gasteiger partial charge in [0.2, 0.25) is 5.91 Å². The molecule has 1 aromatic carbocycles. The molecule has 0 aliphatic carbocycles. The molecule has 0 radical (unpaired) electrons. The predicted molar refractivity (Wildman–Crippen MR) is 79.6 cm³/mol. The Kier molecular flexibility index (Phi) is 6.02. The van der Waals surface area contributed by atoms with Crippen LogP contribution in [0.2, 0.25) is 0 Å². The van der Waals surface area contributed by atoms with E-state index in [2.05, 4.69) is 29.7 Å². The van der Waals surface area contributed by atoms with Gasteiger partial charge in [-0.05, 0) is 18.4 Å². The van der Waals surface area contributed by atoms with E-state index in [4.69, 9.17) is 4.74 Å². The minimum Gasteiger partial charge on any atom is -0.378 e.